The summed E-state index contributed by atoms with van der Waals surface area (Å²) < 4.78 is 0. The van der Waals surface area contributed by atoms with Gasteiger partial charge in [0.25, 0.3) is 5.56 Å². The summed E-state index contributed by atoms with van der Waals surface area (Å²) in [7, 11) is 0. The number of anilines is 1. The Hall–Kier alpha value is -2.14. The van der Waals surface area contributed by atoms with Gasteiger partial charge >= 0.3 is 0 Å². The Bertz CT molecular complexity index is 662. The van der Waals surface area contributed by atoms with E-state index < -0.39 is 0 Å². The Morgan fingerprint density at radius 2 is 1.91 bits per heavy atom. The lowest BCUT2D eigenvalue weighted by Gasteiger charge is -2.35. The molecular formula is C18H24N4O. The van der Waals surface area contributed by atoms with Crippen LogP contribution in [0, 0.1) is 0 Å². The van der Waals surface area contributed by atoms with Crippen molar-refractivity contribution in [1.29, 1.82) is 0 Å². The number of nitrogens with zero attached hydrogens (tertiary/aromatic N) is 3. The van der Waals surface area contributed by atoms with Crippen LogP contribution >= 0.6 is 0 Å². The summed E-state index contributed by atoms with van der Waals surface area (Å²) in [6, 6.07) is 10.7. The first-order valence-electron chi connectivity index (χ1n) is 8.30. The normalized spacial score (nSPS) is 17.2. The highest BCUT2D eigenvalue weighted by molar-refractivity contribution is 5.35. The van der Waals surface area contributed by atoms with Crippen molar-refractivity contribution >= 4 is 5.82 Å². The van der Waals surface area contributed by atoms with E-state index in [4.69, 9.17) is 0 Å². The highest BCUT2D eigenvalue weighted by atomic mass is 16.1. The fraction of sp³-hybridized carbons (Fsp3) is 0.444. The first kappa shape index (κ1) is 15.7. The maximum absolute atomic E-state index is 11.8. The van der Waals surface area contributed by atoms with Crippen LogP contribution in [0.5, 0.6) is 0 Å². The van der Waals surface area contributed by atoms with Gasteiger partial charge in [-0.3, -0.25) is 9.69 Å². The van der Waals surface area contributed by atoms with Crippen LogP contribution in [0.25, 0.3) is 0 Å². The Morgan fingerprint density at radius 3 is 2.61 bits per heavy atom. The van der Waals surface area contributed by atoms with Gasteiger partial charge in [-0.05, 0) is 24.4 Å². The average molecular weight is 312 g/mol. The van der Waals surface area contributed by atoms with Gasteiger partial charge in [-0.2, -0.15) is 0 Å². The van der Waals surface area contributed by atoms with Crippen molar-refractivity contribution in [2.45, 2.75) is 19.3 Å². The van der Waals surface area contributed by atoms with Crippen LogP contribution in [-0.4, -0.2) is 47.6 Å². The molecule has 5 nitrogen and oxygen atoms in total. The molecule has 2 aromatic rings. The maximum Gasteiger partial charge on any atom is 0.290 e. The van der Waals surface area contributed by atoms with Crippen molar-refractivity contribution in [2.75, 3.05) is 37.6 Å². The molecule has 0 unspecified atom stereocenters. The number of nitrogens with one attached hydrogen (secondary N) is 1. The largest absolute Gasteiger partial charge is 0.349 e. The fourth-order valence-corrected chi connectivity index (χ4v) is 3.08. The second-order valence-corrected chi connectivity index (χ2v) is 6.17. The number of piperazine rings is 1. The lowest BCUT2D eigenvalue weighted by atomic mass is 9.97. The van der Waals surface area contributed by atoms with Crippen LogP contribution in [0.4, 0.5) is 5.82 Å². The first-order valence-corrected chi connectivity index (χ1v) is 8.30. The molecule has 1 fully saturated rings. The van der Waals surface area contributed by atoms with E-state index in [0.29, 0.717) is 11.7 Å². The van der Waals surface area contributed by atoms with Crippen LogP contribution in [0.3, 0.4) is 0 Å². The summed E-state index contributed by atoms with van der Waals surface area (Å²) in [4.78, 5) is 23.3. The third-order valence-electron chi connectivity index (χ3n) is 4.61. The number of H-pyrrole nitrogens is 1. The number of aromatic amines is 1. The number of benzene rings is 1. The van der Waals surface area contributed by atoms with Crippen molar-refractivity contribution in [1.82, 2.24) is 14.9 Å². The molecule has 1 aliphatic heterocycles. The maximum atomic E-state index is 11.8. The average Bonchev–Trinajstić information content (AvgIpc) is 2.61. The minimum Gasteiger partial charge on any atom is -0.349 e. The molecule has 2 heterocycles. The topological polar surface area (TPSA) is 52.2 Å². The molecule has 1 atom stereocenters. The van der Waals surface area contributed by atoms with Crippen LogP contribution in [-0.2, 0) is 0 Å². The SMILES string of the molecule is C[C@@H](CCN1CCN(c2ncc[nH]c2=O)CC1)c1ccccc1. The minimum absolute atomic E-state index is 0.0985. The Kier molecular flexibility index (Phi) is 5.08. The number of hydrogen-bond acceptors (Lipinski definition) is 4. The third kappa shape index (κ3) is 3.99. The lowest BCUT2D eigenvalue weighted by Crippen LogP contribution is -2.48. The van der Waals surface area contributed by atoms with E-state index in [1.807, 2.05) is 0 Å². The molecule has 0 spiro atoms. The molecule has 3 rings (SSSR count). The van der Waals surface area contributed by atoms with E-state index in [1.165, 1.54) is 5.56 Å². The van der Waals surface area contributed by atoms with Gasteiger partial charge in [-0.15, -0.1) is 0 Å². The summed E-state index contributed by atoms with van der Waals surface area (Å²) in [6.07, 6.45) is 4.38. The lowest BCUT2D eigenvalue weighted by molar-refractivity contribution is 0.249. The van der Waals surface area contributed by atoms with Crippen LogP contribution in [0.15, 0.2) is 47.5 Å². The zero-order valence-electron chi connectivity index (χ0n) is 13.6. The summed E-state index contributed by atoms with van der Waals surface area (Å²) in [6.45, 7) is 7.08. The predicted molar refractivity (Wildman–Crippen MR) is 93.0 cm³/mol. The standard InChI is InChI=1S/C18H24N4O/c1-15(16-5-3-2-4-6-16)7-10-21-11-13-22(14-12-21)17-18(23)20-9-8-19-17/h2-6,8-9,15H,7,10-14H2,1H3,(H,20,23)/t15-/m0/s1. The van der Waals surface area contributed by atoms with E-state index in [2.05, 4.69) is 57.0 Å². The molecule has 1 aromatic heterocycles. The summed E-state index contributed by atoms with van der Waals surface area (Å²) in [5.41, 5.74) is 1.31. The Morgan fingerprint density at radius 1 is 1.17 bits per heavy atom. The molecule has 0 bridgehead atoms. The minimum atomic E-state index is -0.0985. The van der Waals surface area contributed by atoms with Crippen molar-refractivity contribution in [3.63, 3.8) is 0 Å². The van der Waals surface area contributed by atoms with Gasteiger partial charge in [-0.25, -0.2) is 4.98 Å². The molecule has 0 saturated carbocycles. The zero-order valence-corrected chi connectivity index (χ0v) is 13.6. The highest BCUT2D eigenvalue weighted by Crippen LogP contribution is 2.19. The first-order chi connectivity index (χ1) is 11.2. The fourth-order valence-electron chi connectivity index (χ4n) is 3.08. The van der Waals surface area contributed by atoms with Crippen molar-refractivity contribution in [3.05, 3.63) is 58.6 Å². The van der Waals surface area contributed by atoms with Gasteiger partial charge < -0.3 is 9.88 Å². The molecule has 5 heteroatoms. The summed E-state index contributed by atoms with van der Waals surface area (Å²) in [5, 5.41) is 0. The number of hydrogen-bond donors (Lipinski definition) is 1. The monoisotopic (exact) mass is 312 g/mol. The van der Waals surface area contributed by atoms with Crippen molar-refractivity contribution in [3.8, 4) is 0 Å². The van der Waals surface area contributed by atoms with Crippen LogP contribution in [0.1, 0.15) is 24.8 Å². The van der Waals surface area contributed by atoms with Crippen LogP contribution < -0.4 is 10.5 Å². The molecule has 1 aromatic carbocycles. The summed E-state index contributed by atoms with van der Waals surface area (Å²) >= 11 is 0. The Labute approximate surface area is 137 Å². The van der Waals surface area contributed by atoms with Gasteiger partial charge in [0.05, 0.1) is 0 Å². The van der Waals surface area contributed by atoms with E-state index in [0.717, 1.165) is 39.1 Å². The summed E-state index contributed by atoms with van der Waals surface area (Å²) in [5.74, 6) is 1.12. The number of rotatable bonds is 5. The van der Waals surface area contributed by atoms with Crippen molar-refractivity contribution < 1.29 is 0 Å². The molecule has 1 N–H and O–H groups in total. The second kappa shape index (κ2) is 7.42. The van der Waals surface area contributed by atoms with E-state index in [9.17, 15) is 4.79 Å². The quantitative estimate of drug-likeness (QED) is 0.918. The molecule has 0 amide bonds. The van der Waals surface area contributed by atoms with Gasteiger partial charge in [0.2, 0.25) is 0 Å². The number of aromatic nitrogens is 2. The van der Waals surface area contributed by atoms with Gasteiger partial charge in [0, 0.05) is 38.6 Å². The zero-order chi connectivity index (χ0) is 16.1. The highest BCUT2D eigenvalue weighted by Gasteiger charge is 2.20. The molecule has 1 aliphatic rings. The molecule has 122 valence electrons. The smallest absolute Gasteiger partial charge is 0.290 e. The van der Waals surface area contributed by atoms with Gasteiger partial charge in [-0.1, -0.05) is 37.3 Å². The Balaban J connectivity index is 1.48. The van der Waals surface area contributed by atoms with Gasteiger partial charge in [0.1, 0.15) is 0 Å². The predicted octanol–water partition coefficient (Wildman–Crippen LogP) is 2.09. The molecule has 1 saturated heterocycles. The van der Waals surface area contributed by atoms with E-state index >= 15 is 0 Å². The third-order valence-corrected chi connectivity index (χ3v) is 4.61. The second-order valence-electron chi connectivity index (χ2n) is 6.17. The van der Waals surface area contributed by atoms with Gasteiger partial charge in [0.15, 0.2) is 5.82 Å². The van der Waals surface area contributed by atoms with E-state index in [-0.39, 0.29) is 5.56 Å². The molecule has 23 heavy (non-hydrogen) atoms. The molecular weight excluding hydrogens is 288 g/mol. The van der Waals surface area contributed by atoms with Crippen LogP contribution in [0.2, 0.25) is 0 Å². The molecule has 0 aliphatic carbocycles. The van der Waals surface area contributed by atoms with Crippen molar-refractivity contribution in [2.24, 2.45) is 0 Å². The van der Waals surface area contributed by atoms with E-state index in [1.54, 1.807) is 12.4 Å². The molecule has 0 radical (unpaired) electrons.